The van der Waals surface area contributed by atoms with Crippen molar-refractivity contribution in [3.05, 3.63) is 68.4 Å². The summed E-state index contributed by atoms with van der Waals surface area (Å²) in [7, 11) is 0. The lowest BCUT2D eigenvalue weighted by Crippen LogP contribution is -2.23. The molecule has 5 heteroatoms. The van der Waals surface area contributed by atoms with Crippen LogP contribution in [0.1, 0.15) is 15.9 Å². The van der Waals surface area contributed by atoms with Gasteiger partial charge in [0.25, 0.3) is 5.91 Å². The van der Waals surface area contributed by atoms with Crippen LogP contribution in [0.2, 0.25) is 0 Å². The van der Waals surface area contributed by atoms with E-state index in [0.717, 1.165) is 10.0 Å². The molecule has 0 saturated heterocycles. The molecule has 0 aromatic heterocycles. The van der Waals surface area contributed by atoms with Gasteiger partial charge >= 0.3 is 0 Å². The van der Waals surface area contributed by atoms with Crippen molar-refractivity contribution < 1.29 is 9.18 Å². The molecule has 19 heavy (non-hydrogen) atoms. The molecule has 2 nitrogen and oxygen atoms in total. The molecule has 0 fully saturated rings. The monoisotopic (exact) mass is 385 g/mol. The zero-order valence-corrected chi connectivity index (χ0v) is 13.0. The Morgan fingerprint density at radius 3 is 2.58 bits per heavy atom. The molecule has 0 spiro atoms. The SMILES string of the molecule is O=C(NCc1ccccc1Br)c1cc(F)cc(Br)c1. The predicted molar refractivity (Wildman–Crippen MR) is 79.4 cm³/mol. The number of hydrogen-bond donors (Lipinski definition) is 1. The van der Waals surface area contributed by atoms with Crippen LogP contribution in [-0.2, 0) is 6.54 Å². The first-order valence-electron chi connectivity index (χ1n) is 5.54. The summed E-state index contributed by atoms with van der Waals surface area (Å²) in [6, 6.07) is 11.7. The molecule has 0 saturated carbocycles. The summed E-state index contributed by atoms with van der Waals surface area (Å²) in [5.74, 6) is -0.753. The fourth-order valence-electron chi connectivity index (χ4n) is 1.60. The largest absolute Gasteiger partial charge is 0.348 e. The minimum Gasteiger partial charge on any atom is -0.348 e. The quantitative estimate of drug-likeness (QED) is 0.837. The Morgan fingerprint density at radius 2 is 1.89 bits per heavy atom. The molecular weight excluding hydrogens is 377 g/mol. The normalized spacial score (nSPS) is 10.3. The maximum absolute atomic E-state index is 13.2. The zero-order chi connectivity index (χ0) is 13.8. The third-order valence-corrected chi connectivity index (χ3v) is 3.75. The van der Waals surface area contributed by atoms with Gasteiger partial charge in [0.05, 0.1) is 0 Å². The number of carbonyl (C=O) groups excluding carboxylic acids is 1. The van der Waals surface area contributed by atoms with Gasteiger partial charge in [0, 0.05) is 21.1 Å². The molecule has 0 atom stereocenters. The van der Waals surface area contributed by atoms with Gasteiger partial charge in [-0.3, -0.25) is 4.79 Å². The van der Waals surface area contributed by atoms with Crippen molar-refractivity contribution in [2.24, 2.45) is 0 Å². The highest BCUT2D eigenvalue weighted by molar-refractivity contribution is 9.10. The Balaban J connectivity index is 2.08. The van der Waals surface area contributed by atoms with Crippen LogP contribution in [0.4, 0.5) is 4.39 Å². The van der Waals surface area contributed by atoms with E-state index in [2.05, 4.69) is 37.2 Å². The van der Waals surface area contributed by atoms with E-state index in [1.807, 2.05) is 24.3 Å². The summed E-state index contributed by atoms with van der Waals surface area (Å²) in [4.78, 5) is 11.9. The molecule has 2 aromatic rings. The molecule has 0 bridgehead atoms. The van der Waals surface area contributed by atoms with Crippen molar-refractivity contribution >= 4 is 37.8 Å². The van der Waals surface area contributed by atoms with Gasteiger partial charge in [-0.15, -0.1) is 0 Å². The van der Waals surface area contributed by atoms with Crippen LogP contribution in [0.5, 0.6) is 0 Å². The Labute approximate surface area is 127 Å². The fraction of sp³-hybridized carbons (Fsp3) is 0.0714. The van der Waals surface area contributed by atoms with Gasteiger partial charge in [-0.25, -0.2) is 4.39 Å². The van der Waals surface area contributed by atoms with E-state index >= 15 is 0 Å². The van der Waals surface area contributed by atoms with Gasteiger partial charge in [-0.1, -0.05) is 50.1 Å². The molecule has 0 heterocycles. The van der Waals surface area contributed by atoms with Crippen LogP contribution in [0.25, 0.3) is 0 Å². The van der Waals surface area contributed by atoms with Gasteiger partial charge in [0.2, 0.25) is 0 Å². The number of nitrogens with one attached hydrogen (secondary N) is 1. The van der Waals surface area contributed by atoms with Crippen molar-refractivity contribution in [1.29, 1.82) is 0 Å². The van der Waals surface area contributed by atoms with E-state index in [1.165, 1.54) is 12.1 Å². The third kappa shape index (κ3) is 3.88. The molecule has 0 radical (unpaired) electrons. The number of benzene rings is 2. The smallest absolute Gasteiger partial charge is 0.251 e. The molecule has 0 unspecified atom stereocenters. The Morgan fingerprint density at radius 1 is 1.16 bits per heavy atom. The molecule has 2 rings (SSSR count). The molecule has 98 valence electrons. The van der Waals surface area contributed by atoms with E-state index in [-0.39, 0.29) is 5.91 Å². The van der Waals surface area contributed by atoms with Crippen LogP contribution in [0, 0.1) is 5.82 Å². The van der Waals surface area contributed by atoms with E-state index in [1.54, 1.807) is 6.07 Å². The van der Waals surface area contributed by atoms with E-state index in [0.29, 0.717) is 16.6 Å². The van der Waals surface area contributed by atoms with Crippen LogP contribution < -0.4 is 5.32 Å². The van der Waals surface area contributed by atoms with Crippen LogP contribution in [0.15, 0.2) is 51.4 Å². The zero-order valence-electron chi connectivity index (χ0n) is 9.79. The summed E-state index contributed by atoms with van der Waals surface area (Å²) in [5.41, 5.74) is 1.25. The van der Waals surface area contributed by atoms with Gasteiger partial charge < -0.3 is 5.32 Å². The van der Waals surface area contributed by atoms with E-state index in [4.69, 9.17) is 0 Å². The second-order valence-corrected chi connectivity index (χ2v) is 5.70. The maximum atomic E-state index is 13.2. The lowest BCUT2D eigenvalue weighted by molar-refractivity contribution is 0.0950. The first-order valence-corrected chi connectivity index (χ1v) is 7.12. The Bertz CT molecular complexity index is 596. The third-order valence-electron chi connectivity index (χ3n) is 2.52. The molecule has 1 N–H and O–H groups in total. The first kappa shape index (κ1) is 14.2. The minimum absolute atomic E-state index is 0.291. The van der Waals surface area contributed by atoms with Crippen molar-refractivity contribution in [1.82, 2.24) is 5.32 Å². The molecule has 2 aromatic carbocycles. The van der Waals surface area contributed by atoms with E-state index < -0.39 is 5.82 Å². The minimum atomic E-state index is -0.444. The van der Waals surface area contributed by atoms with Crippen molar-refractivity contribution in [2.75, 3.05) is 0 Å². The van der Waals surface area contributed by atoms with Gasteiger partial charge in [0.1, 0.15) is 5.82 Å². The number of carbonyl (C=O) groups is 1. The highest BCUT2D eigenvalue weighted by Gasteiger charge is 2.08. The van der Waals surface area contributed by atoms with Gasteiger partial charge in [0.15, 0.2) is 0 Å². The maximum Gasteiger partial charge on any atom is 0.251 e. The van der Waals surface area contributed by atoms with E-state index in [9.17, 15) is 9.18 Å². The molecule has 0 aliphatic heterocycles. The fourth-order valence-corrected chi connectivity index (χ4v) is 2.49. The topological polar surface area (TPSA) is 29.1 Å². The van der Waals surface area contributed by atoms with Gasteiger partial charge in [-0.05, 0) is 29.8 Å². The molecule has 1 amide bonds. The lowest BCUT2D eigenvalue weighted by Gasteiger charge is -2.07. The molecular formula is C14H10Br2FNO. The summed E-state index contributed by atoms with van der Waals surface area (Å²) in [6.45, 7) is 0.383. The average Bonchev–Trinajstić information content (AvgIpc) is 2.36. The number of rotatable bonds is 3. The van der Waals surface area contributed by atoms with Crippen LogP contribution in [-0.4, -0.2) is 5.91 Å². The summed E-state index contributed by atoms with van der Waals surface area (Å²) in [6.07, 6.45) is 0. The predicted octanol–water partition coefficient (Wildman–Crippen LogP) is 4.28. The number of amides is 1. The van der Waals surface area contributed by atoms with Crippen LogP contribution >= 0.6 is 31.9 Å². The number of hydrogen-bond acceptors (Lipinski definition) is 1. The second-order valence-electron chi connectivity index (χ2n) is 3.93. The average molecular weight is 387 g/mol. The molecule has 0 aliphatic rings. The summed E-state index contributed by atoms with van der Waals surface area (Å²) >= 11 is 6.57. The molecule has 0 aliphatic carbocycles. The highest BCUT2D eigenvalue weighted by atomic mass is 79.9. The van der Waals surface area contributed by atoms with Crippen molar-refractivity contribution in [3.8, 4) is 0 Å². The van der Waals surface area contributed by atoms with Crippen molar-refractivity contribution in [3.63, 3.8) is 0 Å². The van der Waals surface area contributed by atoms with Crippen molar-refractivity contribution in [2.45, 2.75) is 6.54 Å². The summed E-state index contributed by atoms with van der Waals surface area (Å²) in [5, 5.41) is 2.75. The Kier molecular flexibility index (Phi) is 4.71. The highest BCUT2D eigenvalue weighted by Crippen LogP contribution is 2.17. The lowest BCUT2D eigenvalue weighted by atomic mass is 10.2. The van der Waals surface area contributed by atoms with Crippen LogP contribution in [0.3, 0.4) is 0 Å². The Hall–Kier alpha value is -1.20. The first-order chi connectivity index (χ1) is 9.06. The van der Waals surface area contributed by atoms with Gasteiger partial charge in [-0.2, -0.15) is 0 Å². The number of halogens is 3. The standard InChI is InChI=1S/C14H10Br2FNO/c15-11-5-10(6-12(17)7-11)14(19)18-8-9-3-1-2-4-13(9)16/h1-7H,8H2,(H,18,19). The summed E-state index contributed by atoms with van der Waals surface area (Å²) < 4.78 is 14.7. The second kappa shape index (κ2) is 6.30.